The number of nitrogens with zero attached hydrogens (tertiary/aromatic N) is 1. The molecule has 2 aliphatic rings. The van der Waals surface area contributed by atoms with E-state index in [0.29, 0.717) is 12.6 Å². The van der Waals surface area contributed by atoms with Crippen molar-refractivity contribution in [1.29, 1.82) is 0 Å². The second kappa shape index (κ2) is 6.65. The van der Waals surface area contributed by atoms with E-state index in [-0.39, 0.29) is 5.91 Å². The molecule has 0 aliphatic heterocycles. The van der Waals surface area contributed by atoms with Crippen LogP contribution >= 0.6 is 0 Å². The predicted molar refractivity (Wildman–Crippen MR) is 84.1 cm³/mol. The summed E-state index contributed by atoms with van der Waals surface area (Å²) in [7, 11) is 0. The highest BCUT2D eigenvalue weighted by atomic mass is 16.1. The summed E-state index contributed by atoms with van der Waals surface area (Å²) in [6.07, 6.45) is 11.8. The zero-order valence-corrected chi connectivity index (χ0v) is 13.0. The maximum absolute atomic E-state index is 12.0. The molecule has 2 N–H and O–H groups in total. The molecule has 1 saturated carbocycles. The molecule has 4 nitrogen and oxygen atoms in total. The third-order valence-electron chi connectivity index (χ3n) is 4.62. The number of aromatic nitrogens is 1. The van der Waals surface area contributed by atoms with E-state index in [0.717, 1.165) is 25.4 Å². The van der Waals surface area contributed by atoms with Gasteiger partial charge in [-0.2, -0.15) is 0 Å². The average Bonchev–Trinajstić information content (AvgIpc) is 3.24. The molecule has 0 bridgehead atoms. The van der Waals surface area contributed by atoms with Gasteiger partial charge in [-0.15, -0.1) is 0 Å². The van der Waals surface area contributed by atoms with Crippen molar-refractivity contribution in [3.05, 3.63) is 23.5 Å². The number of nitrogens with one attached hydrogen (secondary N) is 2. The highest BCUT2D eigenvalue weighted by Gasteiger charge is 2.22. The molecule has 1 amide bonds. The van der Waals surface area contributed by atoms with Gasteiger partial charge in [0.25, 0.3) is 0 Å². The van der Waals surface area contributed by atoms with Crippen LogP contribution in [-0.4, -0.2) is 23.6 Å². The maximum atomic E-state index is 12.0. The van der Waals surface area contributed by atoms with E-state index in [9.17, 15) is 4.79 Å². The van der Waals surface area contributed by atoms with Crippen molar-refractivity contribution >= 4 is 5.91 Å². The van der Waals surface area contributed by atoms with Crippen molar-refractivity contribution in [2.75, 3.05) is 13.1 Å². The van der Waals surface area contributed by atoms with Crippen LogP contribution in [0.15, 0.2) is 12.4 Å². The van der Waals surface area contributed by atoms with Gasteiger partial charge in [0.1, 0.15) is 6.54 Å². The van der Waals surface area contributed by atoms with E-state index in [1.807, 2.05) is 0 Å². The summed E-state index contributed by atoms with van der Waals surface area (Å²) < 4.78 is 2.07. The van der Waals surface area contributed by atoms with Crippen LogP contribution in [0.1, 0.15) is 56.2 Å². The van der Waals surface area contributed by atoms with Crippen LogP contribution in [0.4, 0.5) is 0 Å². The molecule has 1 unspecified atom stereocenters. The van der Waals surface area contributed by atoms with Gasteiger partial charge in [0.2, 0.25) is 5.91 Å². The van der Waals surface area contributed by atoms with Gasteiger partial charge >= 0.3 is 0 Å². The minimum absolute atomic E-state index is 0.145. The molecule has 116 valence electrons. The van der Waals surface area contributed by atoms with Gasteiger partial charge in [-0.05, 0) is 55.7 Å². The highest BCUT2D eigenvalue weighted by molar-refractivity contribution is 5.75. The molecule has 4 heteroatoms. The topological polar surface area (TPSA) is 46.1 Å². The lowest BCUT2D eigenvalue weighted by Gasteiger charge is -2.15. The largest absolute Gasteiger partial charge is 0.354 e. The van der Waals surface area contributed by atoms with E-state index in [1.54, 1.807) is 0 Å². The average molecular weight is 289 g/mol. The Morgan fingerprint density at radius 1 is 1.29 bits per heavy atom. The van der Waals surface area contributed by atoms with Crippen molar-refractivity contribution in [3.63, 3.8) is 0 Å². The Hall–Kier alpha value is -1.29. The van der Waals surface area contributed by atoms with Gasteiger partial charge < -0.3 is 15.2 Å². The first-order valence-electron chi connectivity index (χ1n) is 8.45. The van der Waals surface area contributed by atoms with E-state index in [4.69, 9.17) is 0 Å². The van der Waals surface area contributed by atoms with Crippen LogP contribution in [0, 0.1) is 5.92 Å². The number of rotatable bonds is 6. The Labute approximate surface area is 127 Å². The van der Waals surface area contributed by atoms with Crippen molar-refractivity contribution in [2.45, 2.75) is 58.0 Å². The van der Waals surface area contributed by atoms with Gasteiger partial charge in [0.05, 0.1) is 0 Å². The van der Waals surface area contributed by atoms with Gasteiger partial charge in [-0.3, -0.25) is 4.79 Å². The fourth-order valence-electron chi connectivity index (χ4n) is 3.27. The summed E-state index contributed by atoms with van der Waals surface area (Å²) in [5.41, 5.74) is 2.83. The van der Waals surface area contributed by atoms with Crippen LogP contribution in [0.5, 0.6) is 0 Å². The molecule has 1 heterocycles. The van der Waals surface area contributed by atoms with Crippen LogP contribution < -0.4 is 10.6 Å². The molecule has 1 atom stereocenters. The summed E-state index contributed by atoms with van der Waals surface area (Å²) in [5, 5.41) is 6.63. The Bertz CT molecular complexity index is 490. The van der Waals surface area contributed by atoms with Crippen LogP contribution in [0.2, 0.25) is 0 Å². The molecule has 0 spiro atoms. The number of hydrogen-bond donors (Lipinski definition) is 2. The molecule has 0 radical (unpaired) electrons. The van der Waals surface area contributed by atoms with Gasteiger partial charge in [-0.1, -0.05) is 13.3 Å². The third-order valence-corrected chi connectivity index (χ3v) is 4.62. The van der Waals surface area contributed by atoms with Crippen molar-refractivity contribution in [2.24, 2.45) is 5.92 Å². The van der Waals surface area contributed by atoms with E-state index in [1.165, 1.54) is 43.2 Å². The summed E-state index contributed by atoms with van der Waals surface area (Å²) in [4.78, 5) is 12.0. The van der Waals surface area contributed by atoms with Gasteiger partial charge in [-0.25, -0.2) is 0 Å². The lowest BCUT2D eigenvalue weighted by Crippen LogP contribution is -2.29. The molecule has 1 aromatic rings. The van der Waals surface area contributed by atoms with E-state index in [2.05, 4.69) is 34.5 Å². The molecule has 2 aliphatic carbocycles. The summed E-state index contributed by atoms with van der Waals surface area (Å²) in [5.74, 6) is 0.889. The number of carbonyl (C=O) groups is 1. The second-order valence-corrected chi connectivity index (χ2v) is 6.51. The van der Waals surface area contributed by atoms with Gasteiger partial charge in [0.15, 0.2) is 0 Å². The van der Waals surface area contributed by atoms with Crippen molar-refractivity contribution in [3.8, 4) is 0 Å². The predicted octanol–water partition coefficient (Wildman–Crippen LogP) is 2.39. The smallest absolute Gasteiger partial charge is 0.239 e. The first-order chi connectivity index (χ1) is 10.3. The van der Waals surface area contributed by atoms with Gasteiger partial charge in [0, 0.05) is 25.0 Å². The minimum Gasteiger partial charge on any atom is -0.354 e. The summed E-state index contributed by atoms with van der Waals surface area (Å²) >= 11 is 0. The first-order valence-corrected chi connectivity index (χ1v) is 8.45. The quantitative estimate of drug-likeness (QED) is 0.790. The van der Waals surface area contributed by atoms with Crippen molar-refractivity contribution < 1.29 is 4.79 Å². The van der Waals surface area contributed by atoms with Crippen LogP contribution in [0.25, 0.3) is 0 Å². The number of carbonyl (C=O) groups excluding carboxylic acids is 1. The number of hydrogen-bond acceptors (Lipinski definition) is 2. The SMILES string of the molecule is CCNC1CCCCc2cn(CC(=O)NCC3CC3)cc21. The Balaban J connectivity index is 1.63. The zero-order valence-electron chi connectivity index (χ0n) is 13.0. The van der Waals surface area contributed by atoms with Crippen LogP contribution in [-0.2, 0) is 17.8 Å². The lowest BCUT2D eigenvalue weighted by atomic mass is 10.0. The Morgan fingerprint density at radius 3 is 2.90 bits per heavy atom. The standard InChI is InChI=1S/C17H27N3O/c1-2-18-16-6-4-3-5-14-10-20(11-15(14)16)12-17(21)19-9-13-7-8-13/h10-11,13,16,18H,2-9,12H2,1H3,(H,19,21). The fraction of sp³-hybridized carbons (Fsp3) is 0.706. The number of amides is 1. The molecule has 0 saturated heterocycles. The van der Waals surface area contributed by atoms with Crippen molar-refractivity contribution in [1.82, 2.24) is 15.2 Å². The Morgan fingerprint density at radius 2 is 2.14 bits per heavy atom. The second-order valence-electron chi connectivity index (χ2n) is 6.51. The summed E-state index contributed by atoms with van der Waals surface area (Å²) in [6.45, 7) is 4.47. The van der Waals surface area contributed by atoms with E-state index >= 15 is 0 Å². The molecule has 3 rings (SSSR count). The number of aryl methyl sites for hydroxylation is 1. The van der Waals surface area contributed by atoms with E-state index < -0.39 is 0 Å². The number of fused-ring (bicyclic) bond motifs is 1. The molecule has 0 aromatic carbocycles. The Kier molecular flexibility index (Phi) is 4.63. The highest BCUT2D eigenvalue weighted by Crippen LogP contribution is 2.29. The molecule has 21 heavy (non-hydrogen) atoms. The fourth-order valence-corrected chi connectivity index (χ4v) is 3.27. The minimum atomic E-state index is 0.145. The molecule has 1 fully saturated rings. The monoisotopic (exact) mass is 289 g/mol. The normalized spacial score (nSPS) is 21.7. The maximum Gasteiger partial charge on any atom is 0.239 e. The summed E-state index contributed by atoms with van der Waals surface area (Å²) in [6, 6.07) is 0.461. The molecular formula is C17H27N3O. The molecule has 1 aromatic heterocycles. The first kappa shape index (κ1) is 14.6. The zero-order chi connectivity index (χ0) is 14.7. The lowest BCUT2D eigenvalue weighted by molar-refractivity contribution is -0.121. The molecular weight excluding hydrogens is 262 g/mol. The third kappa shape index (κ3) is 3.88. The van der Waals surface area contributed by atoms with Crippen LogP contribution in [0.3, 0.4) is 0 Å².